The highest BCUT2D eigenvalue weighted by Gasteiger charge is 2.47. The highest BCUT2D eigenvalue weighted by molar-refractivity contribution is 5.79. The number of ether oxygens (including phenoxy) is 1. The van der Waals surface area contributed by atoms with Crippen molar-refractivity contribution in [3.8, 4) is 0 Å². The highest BCUT2D eigenvalue weighted by atomic mass is 19.4. The molecule has 0 N–H and O–H groups in total. The maximum Gasteiger partial charge on any atom is 0.416 e. The summed E-state index contributed by atoms with van der Waals surface area (Å²) in [7, 11) is 0. The number of carbonyl (C=O) groups is 3. The largest absolute Gasteiger partial charge is 0.441 e. The zero-order valence-electron chi connectivity index (χ0n) is 23.1. The van der Waals surface area contributed by atoms with Gasteiger partial charge in [-0.15, -0.1) is 0 Å². The third-order valence-electron chi connectivity index (χ3n) is 9.21. The molecule has 3 saturated heterocycles. The number of nitrogens with zero attached hydrogens (tertiary/aromatic N) is 4. The molecule has 3 heterocycles. The molecule has 0 radical (unpaired) electrons. The topological polar surface area (TPSA) is 73.4 Å². The van der Waals surface area contributed by atoms with Crippen LogP contribution in [0, 0.1) is 11.8 Å². The summed E-state index contributed by atoms with van der Waals surface area (Å²) in [4.78, 5) is 45.1. The maximum absolute atomic E-state index is 13.0. The summed E-state index contributed by atoms with van der Waals surface area (Å²) < 4.78 is 44.4. The summed E-state index contributed by atoms with van der Waals surface area (Å²) in [6, 6.07) is 5.30. The Hall–Kier alpha value is -2.82. The second kappa shape index (κ2) is 11.6. The van der Waals surface area contributed by atoms with Crippen LogP contribution in [-0.2, 0) is 27.0 Å². The van der Waals surface area contributed by atoms with Gasteiger partial charge >= 0.3 is 12.3 Å². The van der Waals surface area contributed by atoms with E-state index in [4.69, 9.17) is 4.74 Å². The molecule has 0 atom stereocenters. The van der Waals surface area contributed by atoms with Crippen molar-refractivity contribution in [2.45, 2.75) is 63.8 Å². The van der Waals surface area contributed by atoms with Crippen molar-refractivity contribution in [3.05, 3.63) is 35.4 Å². The van der Waals surface area contributed by atoms with Gasteiger partial charge in [0.25, 0.3) is 0 Å². The Labute approximate surface area is 233 Å². The monoisotopic (exact) mass is 564 g/mol. The standard InChI is InChI=1S/C29H39F3N4O4/c1-21(37)34-14-16-35(17-15-34)26(38)24-6-2-23(3-7-24)19-36-20-28(40-27(36)39)10-12-33(13-11-28)18-22-4-8-25(9-5-22)29(30,31)32/h4-5,8-9,23-24H,2-3,6-7,10-20H2,1H3/t23-,24-. The van der Waals surface area contributed by atoms with Gasteiger partial charge in [0.1, 0.15) is 5.60 Å². The quantitative estimate of drug-likeness (QED) is 0.541. The molecule has 8 nitrogen and oxygen atoms in total. The van der Waals surface area contributed by atoms with Crippen molar-refractivity contribution in [2.75, 3.05) is 52.4 Å². The number of hydrogen-bond acceptors (Lipinski definition) is 5. The number of hydrogen-bond donors (Lipinski definition) is 0. The molecule has 4 aliphatic rings. The van der Waals surface area contributed by atoms with E-state index in [0.717, 1.165) is 56.5 Å². The normalized spacial score (nSPS) is 25.8. The number of likely N-dealkylation sites (tertiary alicyclic amines) is 1. The molecule has 3 amide bonds. The van der Waals surface area contributed by atoms with Gasteiger partial charge in [-0.3, -0.25) is 14.5 Å². The van der Waals surface area contributed by atoms with E-state index >= 15 is 0 Å². The van der Waals surface area contributed by atoms with E-state index in [0.29, 0.717) is 64.6 Å². The van der Waals surface area contributed by atoms with Crippen LogP contribution in [0.25, 0.3) is 0 Å². The van der Waals surface area contributed by atoms with Crippen LogP contribution in [0.4, 0.5) is 18.0 Å². The number of piperazine rings is 1. The zero-order valence-corrected chi connectivity index (χ0v) is 23.1. The maximum atomic E-state index is 13.0. The molecule has 0 bridgehead atoms. The number of alkyl halides is 3. The predicted octanol–water partition coefficient (Wildman–Crippen LogP) is 3.99. The first kappa shape index (κ1) is 28.7. The highest BCUT2D eigenvalue weighted by Crippen LogP contribution is 2.37. The van der Waals surface area contributed by atoms with Crippen LogP contribution >= 0.6 is 0 Å². The minimum atomic E-state index is -4.33. The van der Waals surface area contributed by atoms with Gasteiger partial charge in [0.15, 0.2) is 0 Å². The lowest BCUT2D eigenvalue weighted by molar-refractivity contribution is -0.142. The Morgan fingerprint density at radius 2 is 1.52 bits per heavy atom. The number of amides is 3. The molecular weight excluding hydrogens is 525 g/mol. The molecule has 220 valence electrons. The van der Waals surface area contributed by atoms with Gasteiger partial charge in [0.05, 0.1) is 12.1 Å². The third kappa shape index (κ3) is 6.56. The molecule has 1 aromatic carbocycles. The molecule has 0 aromatic heterocycles. The fourth-order valence-electron chi connectivity index (χ4n) is 6.67. The van der Waals surface area contributed by atoms with E-state index in [9.17, 15) is 27.6 Å². The van der Waals surface area contributed by atoms with Gasteiger partial charge in [-0.1, -0.05) is 12.1 Å². The lowest BCUT2D eigenvalue weighted by Gasteiger charge is -2.38. The molecule has 3 aliphatic heterocycles. The molecule has 1 saturated carbocycles. The molecule has 40 heavy (non-hydrogen) atoms. The number of benzene rings is 1. The molecule has 5 rings (SSSR count). The van der Waals surface area contributed by atoms with Crippen LogP contribution in [0.2, 0.25) is 0 Å². The Morgan fingerprint density at radius 1 is 0.925 bits per heavy atom. The summed E-state index contributed by atoms with van der Waals surface area (Å²) in [5, 5.41) is 0. The van der Waals surface area contributed by atoms with E-state index in [1.165, 1.54) is 12.1 Å². The third-order valence-corrected chi connectivity index (χ3v) is 9.21. The Balaban J connectivity index is 1.04. The van der Waals surface area contributed by atoms with Gasteiger partial charge in [0.2, 0.25) is 11.8 Å². The van der Waals surface area contributed by atoms with Crippen molar-refractivity contribution in [3.63, 3.8) is 0 Å². The van der Waals surface area contributed by atoms with Crippen LogP contribution in [0.3, 0.4) is 0 Å². The van der Waals surface area contributed by atoms with E-state index in [2.05, 4.69) is 4.90 Å². The SMILES string of the molecule is CC(=O)N1CCN(C(=O)[C@H]2CC[C@H](CN3CC4(CCN(Cc5ccc(C(F)(F)F)cc5)CC4)OC3=O)CC2)CC1. The summed E-state index contributed by atoms with van der Waals surface area (Å²) >= 11 is 0. The summed E-state index contributed by atoms with van der Waals surface area (Å²) in [6.07, 6.45) is 0.258. The molecule has 4 fully saturated rings. The van der Waals surface area contributed by atoms with Crippen LogP contribution in [0.1, 0.15) is 56.6 Å². The minimum absolute atomic E-state index is 0.0194. The first-order valence-corrected chi connectivity index (χ1v) is 14.4. The van der Waals surface area contributed by atoms with E-state index in [-0.39, 0.29) is 23.8 Å². The Kier molecular flexibility index (Phi) is 8.31. The second-order valence-electron chi connectivity index (χ2n) is 12.0. The van der Waals surface area contributed by atoms with Crippen LogP contribution < -0.4 is 0 Å². The van der Waals surface area contributed by atoms with Gasteiger partial charge < -0.3 is 19.4 Å². The molecular formula is C29H39F3N4O4. The minimum Gasteiger partial charge on any atom is -0.441 e. The molecule has 11 heteroatoms. The molecule has 1 spiro atoms. The summed E-state index contributed by atoms with van der Waals surface area (Å²) in [6.45, 7) is 7.18. The van der Waals surface area contributed by atoms with E-state index in [1.807, 2.05) is 9.80 Å². The van der Waals surface area contributed by atoms with Gasteiger partial charge in [-0.25, -0.2) is 4.79 Å². The van der Waals surface area contributed by atoms with Gasteiger partial charge in [0, 0.05) is 78.0 Å². The van der Waals surface area contributed by atoms with E-state index < -0.39 is 17.3 Å². The van der Waals surface area contributed by atoms with Crippen molar-refractivity contribution in [2.24, 2.45) is 11.8 Å². The summed E-state index contributed by atoms with van der Waals surface area (Å²) in [5.74, 6) is 0.620. The van der Waals surface area contributed by atoms with Crippen molar-refractivity contribution >= 4 is 17.9 Å². The number of rotatable bonds is 5. The van der Waals surface area contributed by atoms with Crippen LogP contribution in [-0.4, -0.2) is 95.5 Å². The second-order valence-corrected chi connectivity index (χ2v) is 12.0. The fourth-order valence-corrected chi connectivity index (χ4v) is 6.67. The number of halogens is 3. The number of carbonyl (C=O) groups excluding carboxylic acids is 3. The van der Waals surface area contributed by atoms with Gasteiger partial charge in [-0.05, 0) is 49.3 Å². The van der Waals surface area contributed by atoms with Gasteiger partial charge in [-0.2, -0.15) is 13.2 Å². The predicted molar refractivity (Wildman–Crippen MR) is 141 cm³/mol. The molecule has 1 aliphatic carbocycles. The lowest BCUT2D eigenvalue weighted by Crippen LogP contribution is -2.51. The van der Waals surface area contributed by atoms with Crippen LogP contribution in [0.15, 0.2) is 24.3 Å². The lowest BCUT2D eigenvalue weighted by atomic mass is 9.81. The van der Waals surface area contributed by atoms with E-state index in [1.54, 1.807) is 11.8 Å². The fraction of sp³-hybridized carbons (Fsp3) is 0.690. The molecule has 1 aromatic rings. The molecule has 0 unspecified atom stereocenters. The smallest absolute Gasteiger partial charge is 0.416 e. The summed E-state index contributed by atoms with van der Waals surface area (Å²) in [5.41, 5.74) is -0.305. The van der Waals surface area contributed by atoms with Crippen molar-refractivity contribution < 1.29 is 32.3 Å². The van der Waals surface area contributed by atoms with Crippen LogP contribution in [0.5, 0.6) is 0 Å². The zero-order chi connectivity index (χ0) is 28.5. The first-order chi connectivity index (χ1) is 19.0. The van der Waals surface area contributed by atoms with Crippen molar-refractivity contribution in [1.29, 1.82) is 0 Å². The Morgan fingerprint density at radius 3 is 2.10 bits per heavy atom. The van der Waals surface area contributed by atoms with Crippen molar-refractivity contribution in [1.82, 2.24) is 19.6 Å². The average molecular weight is 565 g/mol. The number of piperidine rings is 1. The average Bonchev–Trinajstić information content (AvgIpc) is 3.24. The Bertz CT molecular complexity index is 1070. The first-order valence-electron chi connectivity index (χ1n) is 14.4.